The fourth-order valence-electron chi connectivity index (χ4n) is 2.19. The summed E-state index contributed by atoms with van der Waals surface area (Å²) in [5.41, 5.74) is 1.00. The molecule has 19 heavy (non-hydrogen) atoms. The van der Waals surface area contributed by atoms with Crippen LogP contribution >= 0.6 is 0 Å². The highest BCUT2D eigenvalue weighted by Crippen LogP contribution is 2.09. The first-order valence-corrected chi connectivity index (χ1v) is 7.87. The van der Waals surface area contributed by atoms with Crippen molar-refractivity contribution in [2.24, 2.45) is 0 Å². The van der Waals surface area contributed by atoms with Crippen molar-refractivity contribution in [1.82, 2.24) is 10.3 Å². The molecule has 0 unspecified atom stereocenters. The molecule has 0 radical (unpaired) electrons. The van der Waals surface area contributed by atoms with Crippen molar-refractivity contribution in [1.29, 1.82) is 0 Å². The van der Waals surface area contributed by atoms with Crippen LogP contribution in [0.4, 0.5) is 0 Å². The smallest absolute Gasteiger partial charge is 0.208 e. The first-order valence-electron chi connectivity index (χ1n) is 7.87. The van der Waals surface area contributed by atoms with Gasteiger partial charge in [-0.3, -0.25) is 0 Å². The van der Waals surface area contributed by atoms with Crippen LogP contribution in [0.15, 0.2) is 4.42 Å². The zero-order valence-corrected chi connectivity index (χ0v) is 12.9. The minimum Gasteiger partial charge on any atom is -0.444 e. The average Bonchev–Trinajstić information content (AvgIpc) is 2.71. The number of nitrogens with zero attached hydrogens (tertiary/aromatic N) is 1. The highest BCUT2D eigenvalue weighted by atomic mass is 16.4. The van der Waals surface area contributed by atoms with E-state index >= 15 is 0 Å². The van der Waals surface area contributed by atoms with Crippen LogP contribution in [0, 0.1) is 13.8 Å². The SMILES string of the molecule is CCCCCCCCCCNCc1nc(C)c(C)o1. The van der Waals surface area contributed by atoms with Gasteiger partial charge >= 0.3 is 0 Å². The third-order valence-corrected chi connectivity index (χ3v) is 3.56. The van der Waals surface area contributed by atoms with E-state index in [2.05, 4.69) is 17.2 Å². The van der Waals surface area contributed by atoms with E-state index in [1.165, 1.54) is 51.4 Å². The summed E-state index contributed by atoms with van der Waals surface area (Å²) in [7, 11) is 0. The molecule has 0 spiro atoms. The predicted octanol–water partition coefficient (Wildman–Crippen LogP) is 4.52. The maximum atomic E-state index is 5.52. The fraction of sp³-hybridized carbons (Fsp3) is 0.812. The molecule has 3 nitrogen and oxygen atoms in total. The summed E-state index contributed by atoms with van der Waals surface area (Å²) in [6.45, 7) is 8.04. The van der Waals surface area contributed by atoms with E-state index in [-0.39, 0.29) is 0 Å². The number of aromatic nitrogens is 1. The molecule has 1 aromatic rings. The zero-order valence-electron chi connectivity index (χ0n) is 12.9. The van der Waals surface area contributed by atoms with Crippen LogP contribution in [0.1, 0.15) is 75.6 Å². The van der Waals surface area contributed by atoms with E-state index in [1.807, 2.05) is 13.8 Å². The Morgan fingerprint density at radius 3 is 2.16 bits per heavy atom. The second-order valence-electron chi connectivity index (χ2n) is 5.40. The van der Waals surface area contributed by atoms with Gasteiger partial charge in [0, 0.05) is 0 Å². The van der Waals surface area contributed by atoms with Gasteiger partial charge in [0.2, 0.25) is 5.89 Å². The van der Waals surface area contributed by atoms with Gasteiger partial charge in [0.1, 0.15) is 5.76 Å². The topological polar surface area (TPSA) is 38.1 Å². The molecule has 1 aromatic heterocycles. The van der Waals surface area contributed by atoms with Gasteiger partial charge < -0.3 is 9.73 Å². The van der Waals surface area contributed by atoms with E-state index in [9.17, 15) is 0 Å². The molecule has 1 heterocycles. The molecular weight excluding hydrogens is 236 g/mol. The molecule has 110 valence electrons. The van der Waals surface area contributed by atoms with E-state index in [0.29, 0.717) is 0 Å². The minimum absolute atomic E-state index is 0.755. The van der Waals surface area contributed by atoms with Gasteiger partial charge in [0.15, 0.2) is 0 Å². The van der Waals surface area contributed by atoms with Crippen LogP contribution < -0.4 is 5.32 Å². The molecule has 0 aromatic carbocycles. The van der Waals surface area contributed by atoms with Crippen molar-refractivity contribution in [2.75, 3.05) is 6.54 Å². The second-order valence-corrected chi connectivity index (χ2v) is 5.40. The van der Waals surface area contributed by atoms with Crippen LogP contribution in [0.3, 0.4) is 0 Å². The summed E-state index contributed by atoms with van der Waals surface area (Å²) in [5, 5.41) is 3.40. The summed E-state index contributed by atoms with van der Waals surface area (Å²) >= 11 is 0. The largest absolute Gasteiger partial charge is 0.444 e. The third-order valence-electron chi connectivity index (χ3n) is 3.56. The summed E-state index contributed by atoms with van der Waals surface area (Å²) in [6, 6.07) is 0. The number of rotatable bonds is 11. The number of hydrogen-bond acceptors (Lipinski definition) is 3. The first kappa shape index (κ1) is 16.2. The number of nitrogens with one attached hydrogen (secondary N) is 1. The Kier molecular flexibility index (Phi) is 8.55. The quantitative estimate of drug-likeness (QED) is 0.598. The maximum Gasteiger partial charge on any atom is 0.208 e. The Balaban J connectivity index is 1.88. The molecule has 0 amide bonds. The zero-order chi connectivity index (χ0) is 13.9. The van der Waals surface area contributed by atoms with Crippen molar-refractivity contribution in [2.45, 2.75) is 78.7 Å². The highest BCUT2D eigenvalue weighted by Gasteiger charge is 2.03. The lowest BCUT2D eigenvalue weighted by Gasteiger charge is -2.03. The van der Waals surface area contributed by atoms with Gasteiger partial charge in [-0.1, -0.05) is 51.9 Å². The normalized spacial score (nSPS) is 11.1. The minimum atomic E-state index is 0.755. The average molecular weight is 266 g/mol. The Morgan fingerprint density at radius 1 is 0.947 bits per heavy atom. The number of oxazole rings is 1. The summed E-state index contributed by atoms with van der Waals surface area (Å²) in [6.07, 6.45) is 10.9. The highest BCUT2D eigenvalue weighted by molar-refractivity contribution is 5.04. The van der Waals surface area contributed by atoms with Crippen molar-refractivity contribution in [3.8, 4) is 0 Å². The summed E-state index contributed by atoms with van der Waals surface area (Å²) in [5.74, 6) is 1.75. The van der Waals surface area contributed by atoms with Gasteiger partial charge in [-0.15, -0.1) is 0 Å². The number of unbranched alkanes of at least 4 members (excludes halogenated alkanes) is 7. The lowest BCUT2D eigenvalue weighted by atomic mass is 10.1. The molecule has 0 saturated heterocycles. The monoisotopic (exact) mass is 266 g/mol. The lowest BCUT2D eigenvalue weighted by molar-refractivity contribution is 0.445. The molecule has 0 aliphatic heterocycles. The molecule has 0 fully saturated rings. The third kappa shape index (κ3) is 7.36. The molecule has 0 atom stereocenters. The molecule has 3 heteroatoms. The number of aryl methyl sites for hydroxylation is 2. The van der Waals surface area contributed by atoms with Gasteiger partial charge in [0.05, 0.1) is 12.2 Å². The van der Waals surface area contributed by atoms with Crippen LogP contribution in [0.25, 0.3) is 0 Å². The van der Waals surface area contributed by atoms with Gasteiger partial charge in [-0.2, -0.15) is 0 Å². The Labute approximate surface area is 118 Å². The molecule has 0 aliphatic carbocycles. The van der Waals surface area contributed by atoms with Crippen LogP contribution in [-0.4, -0.2) is 11.5 Å². The Bertz CT molecular complexity index is 314. The van der Waals surface area contributed by atoms with E-state index in [4.69, 9.17) is 4.42 Å². The van der Waals surface area contributed by atoms with E-state index < -0.39 is 0 Å². The van der Waals surface area contributed by atoms with Gasteiger partial charge in [-0.05, 0) is 26.8 Å². The van der Waals surface area contributed by atoms with Crippen LogP contribution in [0.2, 0.25) is 0 Å². The van der Waals surface area contributed by atoms with Crippen molar-refractivity contribution < 1.29 is 4.42 Å². The number of hydrogen-bond donors (Lipinski definition) is 1. The summed E-state index contributed by atoms with van der Waals surface area (Å²) < 4.78 is 5.52. The Morgan fingerprint density at radius 2 is 1.58 bits per heavy atom. The lowest BCUT2D eigenvalue weighted by Crippen LogP contribution is -2.14. The van der Waals surface area contributed by atoms with E-state index in [0.717, 1.165) is 30.4 Å². The van der Waals surface area contributed by atoms with E-state index in [1.54, 1.807) is 0 Å². The van der Waals surface area contributed by atoms with Gasteiger partial charge in [0.25, 0.3) is 0 Å². The fourth-order valence-corrected chi connectivity index (χ4v) is 2.19. The Hall–Kier alpha value is -0.830. The molecule has 0 aliphatic rings. The van der Waals surface area contributed by atoms with Crippen molar-refractivity contribution >= 4 is 0 Å². The van der Waals surface area contributed by atoms with Crippen LogP contribution in [-0.2, 0) is 6.54 Å². The molecular formula is C16H30N2O. The molecule has 0 bridgehead atoms. The predicted molar refractivity (Wildman–Crippen MR) is 80.3 cm³/mol. The van der Waals surface area contributed by atoms with Crippen LogP contribution in [0.5, 0.6) is 0 Å². The first-order chi connectivity index (χ1) is 9.24. The second kappa shape index (κ2) is 10.0. The van der Waals surface area contributed by atoms with Crippen molar-refractivity contribution in [3.63, 3.8) is 0 Å². The summed E-state index contributed by atoms with van der Waals surface area (Å²) in [4.78, 5) is 4.36. The maximum absolute atomic E-state index is 5.52. The van der Waals surface area contributed by atoms with Gasteiger partial charge in [-0.25, -0.2) is 4.98 Å². The molecule has 1 rings (SSSR count). The molecule has 0 saturated carbocycles. The standard InChI is InChI=1S/C16H30N2O/c1-4-5-6-7-8-9-10-11-12-17-13-16-18-14(2)15(3)19-16/h17H,4-13H2,1-3H3. The molecule has 1 N–H and O–H groups in total. The van der Waals surface area contributed by atoms with Crippen molar-refractivity contribution in [3.05, 3.63) is 17.3 Å².